The van der Waals surface area contributed by atoms with Gasteiger partial charge in [-0.05, 0) is 53.9 Å². The fourth-order valence-corrected chi connectivity index (χ4v) is 3.14. The molecule has 3 rings (SSSR count). The minimum Gasteiger partial charge on any atom is -0.496 e. The van der Waals surface area contributed by atoms with Crippen molar-refractivity contribution in [2.45, 2.75) is 13.5 Å². The van der Waals surface area contributed by atoms with E-state index in [9.17, 15) is 0 Å². The van der Waals surface area contributed by atoms with Crippen LogP contribution in [0.15, 0.2) is 66.7 Å². The Morgan fingerprint density at radius 3 is 2.25 bits per heavy atom. The van der Waals surface area contributed by atoms with Gasteiger partial charge in [-0.15, -0.1) is 0 Å². The van der Waals surface area contributed by atoms with E-state index in [0.717, 1.165) is 40.4 Å². The van der Waals surface area contributed by atoms with Crippen LogP contribution in [0.1, 0.15) is 11.1 Å². The lowest BCUT2D eigenvalue weighted by Gasteiger charge is -2.13. The first kappa shape index (κ1) is 19.8. The van der Waals surface area contributed by atoms with Crippen molar-refractivity contribution < 1.29 is 14.2 Å². The molecular formula is C24H27NO3. The number of nitrogens with one attached hydrogen (secondary N) is 1. The Morgan fingerprint density at radius 1 is 0.786 bits per heavy atom. The van der Waals surface area contributed by atoms with E-state index in [1.807, 2.05) is 43.3 Å². The highest BCUT2D eigenvalue weighted by Crippen LogP contribution is 2.27. The first-order chi connectivity index (χ1) is 13.7. The van der Waals surface area contributed by atoms with Crippen LogP contribution in [0.2, 0.25) is 0 Å². The quantitative estimate of drug-likeness (QED) is 0.513. The molecule has 28 heavy (non-hydrogen) atoms. The van der Waals surface area contributed by atoms with E-state index in [1.165, 1.54) is 5.56 Å². The molecule has 0 amide bonds. The molecule has 3 aromatic carbocycles. The second kappa shape index (κ2) is 9.81. The van der Waals surface area contributed by atoms with Crippen LogP contribution >= 0.6 is 0 Å². The fraction of sp³-hybridized carbons (Fsp3) is 0.250. The summed E-state index contributed by atoms with van der Waals surface area (Å²) in [4.78, 5) is 0. The summed E-state index contributed by atoms with van der Waals surface area (Å²) in [5.74, 6) is 1.74. The standard InChI is InChI=1S/C24H27NO3/c1-18-15-22(10-12-23(18)26-2)25-13-14-28-17-21-16-20(9-11-24(21)27-3)19-7-5-4-6-8-19/h4-12,15-16,25H,13-14,17H2,1-3H3. The number of benzene rings is 3. The molecule has 0 saturated heterocycles. The Hall–Kier alpha value is -2.98. The van der Waals surface area contributed by atoms with Crippen LogP contribution in [0.3, 0.4) is 0 Å². The molecule has 0 fully saturated rings. The highest BCUT2D eigenvalue weighted by Gasteiger charge is 2.06. The molecule has 0 aromatic heterocycles. The normalized spacial score (nSPS) is 10.5. The number of aryl methyl sites for hydroxylation is 1. The number of rotatable bonds is 9. The van der Waals surface area contributed by atoms with Gasteiger partial charge in [-0.3, -0.25) is 0 Å². The van der Waals surface area contributed by atoms with Gasteiger partial charge in [-0.2, -0.15) is 0 Å². The molecule has 0 bridgehead atoms. The molecule has 1 N–H and O–H groups in total. The molecule has 4 heteroatoms. The molecule has 0 saturated carbocycles. The molecule has 0 aliphatic rings. The molecule has 0 spiro atoms. The smallest absolute Gasteiger partial charge is 0.124 e. The number of anilines is 1. The minimum atomic E-state index is 0.507. The van der Waals surface area contributed by atoms with Crippen LogP contribution in [0.25, 0.3) is 11.1 Å². The van der Waals surface area contributed by atoms with Crippen molar-refractivity contribution in [2.75, 3.05) is 32.7 Å². The average molecular weight is 377 g/mol. The van der Waals surface area contributed by atoms with E-state index < -0.39 is 0 Å². The van der Waals surface area contributed by atoms with E-state index in [-0.39, 0.29) is 0 Å². The van der Waals surface area contributed by atoms with Crippen molar-refractivity contribution in [3.63, 3.8) is 0 Å². The van der Waals surface area contributed by atoms with E-state index >= 15 is 0 Å². The van der Waals surface area contributed by atoms with Gasteiger partial charge in [-0.1, -0.05) is 36.4 Å². The zero-order chi connectivity index (χ0) is 19.8. The van der Waals surface area contributed by atoms with Gasteiger partial charge in [0.1, 0.15) is 11.5 Å². The zero-order valence-electron chi connectivity index (χ0n) is 16.7. The summed E-state index contributed by atoms with van der Waals surface area (Å²) in [5.41, 5.74) is 5.56. The van der Waals surface area contributed by atoms with Crippen LogP contribution in [0.5, 0.6) is 11.5 Å². The summed E-state index contributed by atoms with van der Waals surface area (Å²) in [6.45, 7) is 3.87. The Bertz CT molecular complexity index is 894. The second-order valence-corrected chi connectivity index (χ2v) is 6.56. The number of hydrogen-bond donors (Lipinski definition) is 1. The van der Waals surface area contributed by atoms with Crippen molar-refractivity contribution in [3.8, 4) is 22.6 Å². The van der Waals surface area contributed by atoms with Crippen molar-refractivity contribution in [3.05, 3.63) is 77.9 Å². The van der Waals surface area contributed by atoms with Gasteiger partial charge in [0, 0.05) is 17.8 Å². The molecule has 146 valence electrons. The summed E-state index contributed by atoms with van der Waals surface area (Å²) < 4.78 is 16.7. The number of methoxy groups -OCH3 is 2. The third-order valence-electron chi connectivity index (χ3n) is 4.62. The Balaban J connectivity index is 1.54. The monoisotopic (exact) mass is 377 g/mol. The topological polar surface area (TPSA) is 39.7 Å². The van der Waals surface area contributed by atoms with Crippen molar-refractivity contribution in [1.29, 1.82) is 0 Å². The Labute approximate surface area is 167 Å². The number of ether oxygens (including phenoxy) is 3. The second-order valence-electron chi connectivity index (χ2n) is 6.56. The van der Waals surface area contributed by atoms with Crippen LogP contribution in [0, 0.1) is 6.92 Å². The van der Waals surface area contributed by atoms with Gasteiger partial charge >= 0.3 is 0 Å². The van der Waals surface area contributed by atoms with Crippen molar-refractivity contribution in [1.82, 2.24) is 0 Å². The lowest BCUT2D eigenvalue weighted by molar-refractivity contribution is 0.128. The maximum atomic E-state index is 5.88. The molecular weight excluding hydrogens is 350 g/mol. The van der Waals surface area contributed by atoms with E-state index in [2.05, 4.69) is 35.6 Å². The third kappa shape index (κ3) is 5.05. The van der Waals surface area contributed by atoms with Crippen LogP contribution in [-0.2, 0) is 11.3 Å². The Morgan fingerprint density at radius 2 is 1.54 bits per heavy atom. The molecule has 0 unspecified atom stereocenters. The van der Waals surface area contributed by atoms with Crippen LogP contribution < -0.4 is 14.8 Å². The lowest BCUT2D eigenvalue weighted by atomic mass is 10.0. The highest BCUT2D eigenvalue weighted by atomic mass is 16.5. The van der Waals surface area contributed by atoms with E-state index in [1.54, 1.807) is 14.2 Å². The summed E-state index contributed by atoms with van der Waals surface area (Å²) in [6, 6.07) is 22.6. The predicted molar refractivity (Wildman–Crippen MR) is 114 cm³/mol. The average Bonchev–Trinajstić information content (AvgIpc) is 2.74. The van der Waals surface area contributed by atoms with Crippen LogP contribution in [-0.4, -0.2) is 27.4 Å². The van der Waals surface area contributed by atoms with Gasteiger partial charge in [0.2, 0.25) is 0 Å². The molecule has 0 heterocycles. The van der Waals surface area contributed by atoms with Gasteiger partial charge in [-0.25, -0.2) is 0 Å². The Kier molecular flexibility index (Phi) is 6.93. The molecule has 0 aliphatic carbocycles. The molecule has 0 aliphatic heterocycles. The maximum Gasteiger partial charge on any atom is 0.124 e. The van der Waals surface area contributed by atoms with Gasteiger partial charge in [0.15, 0.2) is 0 Å². The predicted octanol–water partition coefficient (Wildman–Crippen LogP) is 5.31. The molecule has 3 aromatic rings. The van der Waals surface area contributed by atoms with Crippen molar-refractivity contribution >= 4 is 5.69 Å². The SMILES string of the molecule is COc1ccc(NCCOCc2cc(-c3ccccc3)ccc2OC)cc1C. The lowest BCUT2D eigenvalue weighted by Crippen LogP contribution is -2.10. The highest BCUT2D eigenvalue weighted by molar-refractivity contribution is 5.65. The molecule has 0 radical (unpaired) electrons. The third-order valence-corrected chi connectivity index (χ3v) is 4.62. The van der Waals surface area contributed by atoms with Crippen LogP contribution in [0.4, 0.5) is 5.69 Å². The first-order valence-electron chi connectivity index (χ1n) is 9.40. The summed E-state index contributed by atoms with van der Waals surface area (Å²) in [5, 5.41) is 3.38. The fourth-order valence-electron chi connectivity index (χ4n) is 3.14. The summed E-state index contributed by atoms with van der Waals surface area (Å²) in [7, 11) is 3.37. The largest absolute Gasteiger partial charge is 0.496 e. The van der Waals surface area contributed by atoms with E-state index in [0.29, 0.717) is 13.2 Å². The zero-order valence-corrected chi connectivity index (χ0v) is 16.7. The van der Waals surface area contributed by atoms with Gasteiger partial charge in [0.05, 0.1) is 27.4 Å². The molecule has 0 atom stereocenters. The van der Waals surface area contributed by atoms with Crippen molar-refractivity contribution in [2.24, 2.45) is 0 Å². The maximum absolute atomic E-state index is 5.88. The minimum absolute atomic E-state index is 0.507. The number of hydrogen-bond acceptors (Lipinski definition) is 4. The van der Waals surface area contributed by atoms with E-state index in [4.69, 9.17) is 14.2 Å². The molecule has 4 nitrogen and oxygen atoms in total. The van der Waals surface area contributed by atoms with Gasteiger partial charge < -0.3 is 19.5 Å². The first-order valence-corrected chi connectivity index (χ1v) is 9.40. The van der Waals surface area contributed by atoms with Gasteiger partial charge in [0.25, 0.3) is 0 Å². The summed E-state index contributed by atoms with van der Waals surface area (Å²) in [6.07, 6.45) is 0. The summed E-state index contributed by atoms with van der Waals surface area (Å²) >= 11 is 0.